The van der Waals surface area contributed by atoms with Crippen LogP contribution in [0.5, 0.6) is 0 Å². The standard InChI is InChI=1S/C18H29N3O3S/c1-13-4-5-17(12-14(13)2)25(23,24)21-10-7-16(8-11-21)18(22)20-9-6-15(3)19/h4-5,12,15-16H,6-11,19H2,1-3H3,(H,20,22). The van der Waals surface area contributed by atoms with Gasteiger partial charge in [-0.3, -0.25) is 4.79 Å². The van der Waals surface area contributed by atoms with Crippen molar-refractivity contribution in [2.45, 2.75) is 51.0 Å². The molecule has 1 aliphatic heterocycles. The normalized spacial score (nSPS) is 18.1. The zero-order valence-corrected chi connectivity index (χ0v) is 16.1. The van der Waals surface area contributed by atoms with Gasteiger partial charge >= 0.3 is 0 Å². The minimum atomic E-state index is -3.49. The molecule has 2 rings (SSSR count). The lowest BCUT2D eigenvalue weighted by molar-refractivity contribution is -0.126. The van der Waals surface area contributed by atoms with E-state index in [0.717, 1.165) is 17.5 Å². The van der Waals surface area contributed by atoms with E-state index >= 15 is 0 Å². The molecular formula is C18H29N3O3S. The number of benzene rings is 1. The minimum absolute atomic E-state index is 0.00359. The lowest BCUT2D eigenvalue weighted by Gasteiger charge is -2.30. The number of piperidine rings is 1. The molecule has 6 nitrogen and oxygen atoms in total. The fourth-order valence-electron chi connectivity index (χ4n) is 2.95. The molecule has 1 aromatic carbocycles. The van der Waals surface area contributed by atoms with Crippen LogP contribution in [-0.2, 0) is 14.8 Å². The molecule has 7 heteroatoms. The average molecular weight is 368 g/mol. The molecule has 1 fully saturated rings. The highest BCUT2D eigenvalue weighted by Crippen LogP contribution is 2.25. The maximum Gasteiger partial charge on any atom is 0.243 e. The first-order chi connectivity index (χ1) is 11.7. The molecule has 0 saturated carbocycles. The third-order valence-electron chi connectivity index (χ3n) is 4.84. The van der Waals surface area contributed by atoms with Gasteiger partial charge in [0.1, 0.15) is 0 Å². The van der Waals surface area contributed by atoms with E-state index in [0.29, 0.717) is 37.4 Å². The van der Waals surface area contributed by atoms with E-state index in [1.165, 1.54) is 4.31 Å². The van der Waals surface area contributed by atoms with Gasteiger partial charge in [-0.2, -0.15) is 4.31 Å². The summed E-state index contributed by atoms with van der Waals surface area (Å²) in [6.45, 7) is 7.09. The Labute approximate surface area is 150 Å². The molecule has 25 heavy (non-hydrogen) atoms. The van der Waals surface area contributed by atoms with Crippen molar-refractivity contribution in [1.29, 1.82) is 0 Å². The Hall–Kier alpha value is -1.44. The number of hydrogen-bond donors (Lipinski definition) is 2. The van der Waals surface area contributed by atoms with Gasteiger partial charge in [-0.25, -0.2) is 8.42 Å². The quantitative estimate of drug-likeness (QED) is 0.798. The van der Waals surface area contributed by atoms with E-state index in [-0.39, 0.29) is 17.9 Å². The Balaban J connectivity index is 1.94. The number of carbonyl (C=O) groups excluding carboxylic acids is 1. The number of rotatable bonds is 6. The topological polar surface area (TPSA) is 92.5 Å². The largest absolute Gasteiger partial charge is 0.356 e. The van der Waals surface area contributed by atoms with Crippen molar-refractivity contribution in [3.05, 3.63) is 29.3 Å². The highest BCUT2D eigenvalue weighted by molar-refractivity contribution is 7.89. The second kappa shape index (κ2) is 8.29. The monoisotopic (exact) mass is 367 g/mol. The summed E-state index contributed by atoms with van der Waals surface area (Å²) < 4.78 is 27.1. The summed E-state index contributed by atoms with van der Waals surface area (Å²) >= 11 is 0. The first-order valence-electron chi connectivity index (χ1n) is 8.82. The van der Waals surface area contributed by atoms with E-state index in [2.05, 4.69) is 5.32 Å². The van der Waals surface area contributed by atoms with Crippen molar-refractivity contribution >= 4 is 15.9 Å². The van der Waals surface area contributed by atoms with E-state index in [9.17, 15) is 13.2 Å². The lowest BCUT2D eigenvalue weighted by Crippen LogP contribution is -2.43. The van der Waals surface area contributed by atoms with Gasteiger partial charge in [0.2, 0.25) is 15.9 Å². The molecule has 3 N–H and O–H groups in total. The average Bonchev–Trinajstić information content (AvgIpc) is 2.57. The van der Waals surface area contributed by atoms with Crippen LogP contribution >= 0.6 is 0 Å². The van der Waals surface area contributed by atoms with Gasteiger partial charge in [-0.05, 0) is 63.3 Å². The summed E-state index contributed by atoms with van der Waals surface area (Å²) in [5.41, 5.74) is 7.71. The van der Waals surface area contributed by atoms with Crippen LogP contribution < -0.4 is 11.1 Å². The van der Waals surface area contributed by atoms with Gasteiger partial charge in [0.25, 0.3) is 0 Å². The van der Waals surface area contributed by atoms with E-state index in [1.807, 2.05) is 26.8 Å². The molecule has 1 amide bonds. The summed E-state index contributed by atoms with van der Waals surface area (Å²) in [6, 6.07) is 5.27. The Bertz CT molecular complexity index is 708. The van der Waals surface area contributed by atoms with Crippen LogP contribution in [0.25, 0.3) is 0 Å². The van der Waals surface area contributed by atoms with Crippen LogP contribution in [0.3, 0.4) is 0 Å². The van der Waals surface area contributed by atoms with Crippen LogP contribution in [0.4, 0.5) is 0 Å². The Morgan fingerprint density at radius 1 is 1.28 bits per heavy atom. The highest BCUT2D eigenvalue weighted by Gasteiger charge is 2.32. The van der Waals surface area contributed by atoms with E-state index in [4.69, 9.17) is 5.73 Å². The molecule has 0 radical (unpaired) electrons. The molecule has 1 saturated heterocycles. The zero-order valence-electron chi connectivity index (χ0n) is 15.3. The molecule has 0 aromatic heterocycles. The predicted octanol–water partition coefficient (Wildman–Crippen LogP) is 1.56. The van der Waals surface area contributed by atoms with Crippen molar-refractivity contribution in [2.24, 2.45) is 11.7 Å². The van der Waals surface area contributed by atoms with Gasteiger partial charge in [-0.1, -0.05) is 6.07 Å². The summed E-state index contributed by atoms with van der Waals surface area (Å²) in [5.74, 6) is -0.122. The van der Waals surface area contributed by atoms with Crippen LogP contribution in [-0.4, -0.2) is 44.3 Å². The van der Waals surface area contributed by atoms with Gasteiger partial charge in [0.15, 0.2) is 0 Å². The van der Waals surface area contributed by atoms with Crippen molar-refractivity contribution in [1.82, 2.24) is 9.62 Å². The van der Waals surface area contributed by atoms with Crippen LogP contribution in [0.15, 0.2) is 23.1 Å². The smallest absolute Gasteiger partial charge is 0.243 e. The number of sulfonamides is 1. The highest BCUT2D eigenvalue weighted by atomic mass is 32.2. The molecule has 0 spiro atoms. The molecule has 140 valence electrons. The maximum atomic E-state index is 12.8. The number of nitrogens with one attached hydrogen (secondary N) is 1. The van der Waals surface area contributed by atoms with Crippen LogP contribution in [0.1, 0.15) is 37.3 Å². The zero-order chi connectivity index (χ0) is 18.6. The lowest BCUT2D eigenvalue weighted by atomic mass is 9.97. The minimum Gasteiger partial charge on any atom is -0.356 e. The summed E-state index contributed by atoms with van der Waals surface area (Å²) in [6.07, 6.45) is 1.84. The predicted molar refractivity (Wildman–Crippen MR) is 98.7 cm³/mol. The second-order valence-corrected chi connectivity index (χ2v) is 8.92. The van der Waals surface area contributed by atoms with Crippen LogP contribution in [0.2, 0.25) is 0 Å². The third kappa shape index (κ3) is 5.03. The van der Waals surface area contributed by atoms with Gasteiger partial charge in [0.05, 0.1) is 4.90 Å². The molecule has 1 unspecified atom stereocenters. The Kier molecular flexibility index (Phi) is 6.59. The van der Waals surface area contributed by atoms with Crippen molar-refractivity contribution in [3.63, 3.8) is 0 Å². The molecule has 0 aliphatic carbocycles. The van der Waals surface area contributed by atoms with Crippen molar-refractivity contribution < 1.29 is 13.2 Å². The van der Waals surface area contributed by atoms with Crippen molar-refractivity contribution in [3.8, 4) is 0 Å². The molecular weight excluding hydrogens is 338 g/mol. The van der Waals surface area contributed by atoms with Crippen molar-refractivity contribution in [2.75, 3.05) is 19.6 Å². The molecule has 1 atom stereocenters. The van der Waals surface area contributed by atoms with E-state index < -0.39 is 10.0 Å². The Morgan fingerprint density at radius 2 is 1.92 bits per heavy atom. The molecule has 1 aliphatic rings. The molecule has 1 heterocycles. The number of aryl methyl sites for hydroxylation is 2. The van der Waals surface area contributed by atoms with E-state index in [1.54, 1.807) is 12.1 Å². The number of amides is 1. The Morgan fingerprint density at radius 3 is 2.48 bits per heavy atom. The fourth-order valence-corrected chi connectivity index (χ4v) is 4.50. The van der Waals surface area contributed by atoms with Gasteiger partial charge in [-0.15, -0.1) is 0 Å². The van der Waals surface area contributed by atoms with Crippen LogP contribution in [0, 0.1) is 19.8 Å². The third-order valence-corrected chi connectivity index (χ3v) is 6.73. The maximum absolute atomic E-state index is 12.8. The first kappa shape index (κ1) is 19.9. The number of hydrogen-bond acceptors (Lipinski definition) is 4. The molecule has 0 bridgehead atoms. The first-order valence-corrected chi connectivity index (χ1v) is 10.3. The molecule has 1 aromatic rings. The summed E-state index contributed by atoms with van der Waals surface area (Å²) in [7, 11) is -3.49. The summed E-state index contributed by atoms with van der Waals surface area (Å²) in [5, 5.41) is 2.90. The number of carbonyl (C=O) groups is 1. The fraction of sp³-hybridized carbons (Fsp3) is 0.611. The van der Waals surface area contributed by atoms with Gasteiger partial charge in [0, 0.05) is 31.6 Å². The SMILES string of the molecule is Cc1ccc(S(=O)(=O)N2CCC(C(=O)NCCC(C)N)CC2)cc1C. The summed E-state index contributed by atoms with van der Waals surface area (Å²) in [4.78, 5) is 12.5. The number of nitrogens with zero attached hydrogens (tertiary/aromatic N) is 1. The second-order valence-electron chi connectivity index (χ2n) is 6.98. The number of nitrogens with two attached hydrogens (primary N) is 1. The van der Waals surface area contributed by atoms with Gasteiger partial charge < -0.3 is 11.1 Å².